The van der Waals surface area contributed by atoms with Crippen molar-refractivity contribution in [1.29, 1.82) is 0 Å². The molecule has 2 rings (SSSR count). The third-order valence-electron chi connectivity index (χ3n) is 3.67. The number of hydrogen-bond acceptors (Lipinski definition) is 4. The standard InChI is InChI=1S/C17H26N4O/c1-21(11-12-22-2)10-6-9-18-13-16-14-19-20-17(16)15-7-4-3-5-8-15/h3-5,7-8,14,18H,6,9-13H2,1-2H3,(H,19,20). The van der Waals surface area contributed by atoms with Crippen LogP contribution in [0.2, 0.25) is 0 Å². The molecule has 120 valence electrons. The van der Waals surface area contributed by atoms with Crippen molar-refractivity contribution in [2.45, 2.75) is 13.0 Å². The molecule has 0 aliphatic carbocycles. The Morgan fingerprint density at radius 3 is 2.82 bits per heavy atom. The third kappa shape index (κ3) is 5.26. The summed E-state index contributed by atoms with van der Waals surface area (Å²) in [6.45, 7) is 4.68. The van der Waals surface area contributed by atoms with E-state index in [2.05, 4.69) is 39.6 Å². The highest BCUT2D eigenvalue weighted by molar-refractivity contribution is 5.62. The second kappa shape index (κ2) is 9.35. The summed E-state index contributed by atoms with van der Waals surface area (Å²) < 4.78 is 5.08. The second-order valence-corrected chi connectivity index (χ2v) is 5.46. The van der Waals surface area contributed by atoms with E-state index < -0.39 is 0 Å². The molecule has 0 amide bonds. The fourth-order valence-electron chi connectivity index (χ4n) is 2.36. The van der Waals surface area contributed by atoms with Crippen LogP contribution in [0.3, 0.4) is 0 Å². The van der Waals surface area contributed by atoms with Crippen LogP contribution in [0.25, 0.3) is 11.3 Å². The Hall–Kier alpha value is -1.69. The molecule has 0 saturated heterocycles. The molecule has 2 N–H and O–H groups in total. The van der Waals surface area contributed by atoms with Gasteiger partial charge in [-0.25, -0.2) is 0 Å². The molecule has 0 radical (unpaired) electrons. The van der Waals surface area contributed by atoms with Crippen molar-refractivity contribution < 1.29 is 4.74 Å². The Bertz CT molecular complexity index is 526. The second-order valence-electron chi connectivity index (χ2n) is 5.46. The molecule has 5 heteroatoms. The van der Waals surface area contributed by atoms with Crippen LogP contribution in [0.4, 0.5) is 0 Å². The molecular formula is C17H26N4O. The van der Waals surface area contributed by atoms with E-state index in [1.54, 1.807) is 7.11 Å². The highest BCUT2D eigenvalue weighted by atomic mass is 16.5. The first kappa shape index (κ1) is 16.7. The Morgan fingerprint density at radius 2 is 2.05 bits per heavy atom. The molecule has 2 aromatic rings. The molecule has 0 atom stereocenters. The number of H-pyrrole nitrogens is 1. The number of rotatable bonds is 10. The number of aromatic amines is 1. The third-order valence-corrected chi connectivity index (χ3v) is 3.67. The van der Waals surface area contributed by atoms with E-state index in [0.717, 1.165) is 44.9 Å². The fourth-order valence-corrected chi connectivity index (χ4v) is 2.36. The van der Waals surface area contributed by atoms with Crippen LogP contribution in [0, 0.1) is 0 Å². The van der Waals surface area contributed by atoms with E-state index in [9.17, 15) is 0 Å². The minimum Gasteiger partial charge on any atom is -0.383 e. The van der Waals surface area contributed by atoms with Crippen LogP contribution >= 0.6 is 0 Å². The van der Waals surface area contributed by atoms with E-state index in [-0.39, 0.29) is 0 Å². The normalized spacial score (nSPS) is 11.2. The molecule has 22 heavy (non-hydrogen) atoms. The summed E-state index contributed by atoms with van der Waals surface area (Å²) in [6, 6.07) is 10.3. The van der Waals surface area contributed by atoms with E-state index in [4.69, 9.17) is 4.74 Å². The molecule has 0 saturated carbocycles. The fraction of sp³-hybridized carbons (Fsp3) is 0.471. The Labute approximate surface area is 132 Å². The average Bonchev–Trinajstić information content (AvgIpc) is 3.02. The number of methoxy groups -OCH3 is 1. The zero-order valence-electron chi connectivity index (χ0n) is 13.5. The zero-order chi connectivity index (χ0) is 15.6. The molecule has 0 fully saturated rings. The predicted molar refractivity (Wildman–Crippen MR) is 89.7 cm³/mol. The molecule has 1 heterocycles. The lowest BCUT2D eigenvalue weighted by atomic mass is 10.1. The van der Waals surface area contributed by atoms with Crippen molar-refractivity contribution >= 4 is 0 Å². The van der Waals surface area contributed by atoms with Crippen LogP contribution < -0.4 is 5.32 Å². The maximum atomic E-state index is 5.08. The summed E-state index contributed by atoms with van der Waals surface area (Å²) in [5.41, 5.74) is 3.49. The lowest BCUT2D eigenvalue weighted by Gasteiger charge is -2.15. The SMILES string of the molecule is COCCN(C)CCCNCc1cn[nH]c1-c1ccccc1. The molecule has 5 nitrogen and oxygen atoms in total. The van der Waals surface area contributed by atoms with E-state index in [1.165, 1.54) is 11.1 Å². The van der Waals surface area contributed by atoms with E-state index in [0.29, 0.717) is 0 Å². The Balaban J connectivity index is 1.71. The van der Waals surface area contributed by atoms with Gasteiger partial charge in [0.25, 0.3) is 0 Å². The lowest BCUT2D eigenvalue weighted by Crippen LogP contribution is -2.26. The number of likely N-dealkylation sites (N-methyl/N-ethyl adjacent to an activating group) is 1. The van der Waals surface area contributed by atoms with Crippen LogP contribution in [0.5, 0.6) is 0 Å². The van der Waals surface area contributed by atoms with Gasteiger partial charge in [-0.1, -0.05) is 30.3 Å². The van der Waals surface area contributed by atoms with Crippen LogP contribution in [0.15, 0.2) is 36.5 Å². The van der Waals surface area contributed by atoms with Gasteiger partial charge in [-0.15, -0.1) is 0 Å². The monoisotopic (exact) mass is 302 g/mol. The minimum atomic E-state index is 0.791. The number of ether oxygens (including phenoxy) is 1. The number of nitrogens with one attached hydrogen (secondary N) is 2. The van der Waals surface area contributed by atoms with Crippen molar-refractivity contribution in [3.8, 4) is 11.3 Å². The topological polar surface area (TPSA) is 53.2 Å². The van der Waals surface area contributed by atoms with Gasteiger partial charge >= 0.3 is 0 Å². The molecular weight excluding hydrogens is 276 g/mol. The van der Waals surface area contributed by atoms with Gasteiger partial charge in [0.05, 0.1) is 18.5 Å². The van der Waals surface area contributed by atoms with Crippen LogP contribution in [-0.2, 0) is 11.3 Å². The summed E-state index contributed by atoms with van der Waals surface area (Å²) in [7, 11) is 3.87. The number of aromatic nitrogens is 2. The Morgan fingerprint density at radius 1 is 1.23 bits per heavy atom. The molecule has 1 aromatic heterocycles. The van der Waals surface area contributed by atoms with Gasteiger partial charge in [0.1, 0.15) is 0 Å². The minimum absolute atomic E-state index is 0.791. The van der Waals surface area contributed by atoms with Gasteiger partial charge in [-0.2, -0.15) is 5.10 Å². The predicted octanol–water partition coefficient (Wildman–Crippen LogP) is 2.13. The average molecular weight is 302 g/mol. The molecule has 0 aliphatic rings. The van der Waals surface area contributed by atoms with Crippen molar-refractivity contribution in [1.82, 2.24) is 20.4 Å². The highest BCUT2D eigenvalue weighted by Gasteiger charge is 2.06. The van der Waals surface area contributed by atoms with Crippen molar-refractivity contribution in [3.63, 3.8) is 0 Å². The van der Waals surface area contributed by atoms with Gasteiger partial charge in [-0.3, -0.25) is 5.10 Å². The summed E-state index contributed by atoms with van der Waals surface area (Å²) in [5.74, 6) is 0. The molecule has 0 unspecified atom stereocenters. The first-order chi connectivity index (χ1) is 10.8. The van der Waals surface area contributed by atoms with E-state index >= 15 is 0 Å². The molecule has 0 spiro atoms. The van der Waals surface area contributed by atoms with Crippen molar-refractivity contribution in [2.75, 3.05) is 40.4 Å². The molecule has 0 bridgehead atoms. The smallest absolute Gasteiger partial charge is 0.0695 e. The van der Waals surface area contributed by atoms with Crippen LogP contribution in [-0.4, -0.2) is 55.5 Å². The maximum absolute atomic E-state index is 5.08. The first-order valence-electron chi connectivity index (χ1n) is 7.77. The van der Waals surface area contributed by atoms with Crippen molar-refractivity contribution in [3.05, 3.63) is 42.1 Å². The van der Waals surface area contributed by atoms with Gasteiger partial charge in [0.2, 0.25) is 0 Å². The highest BCUT2D eigenvalue weighted by Crippen LogP contribution is 2.20. The van der Waals surface area contributed by atoms with Gasteiger partial charge < -0.3 is 15.0 Å². The summed E-state index contributed by atoms with van der Waals surface area (Å²) in [5, 5.41) is 10.8. The van der Waals surface area contributed by atoms with Crippen LogP contribution in [0.1, 0.15) is 12.0 Å². The number of hydrogen-bond donors (Lipinski definition) is 2. The number of benzene rings is 1. The van der Waals surface area contributed by atoms with Gasteiger partial charge in [0.15, 0.2) is 0 Å². The van der Waals surface area contributed by atoms with E-state index in [1.807, 2.05) is 24.4 Å². The first-order valence-corrected chi connectivity index (χ1v) is 7.77. The Kier molecular flexibility index (Phi) is 7.09. The van der Waals surface area contributed by atoms with Gasteiger partial charge in [0, 0.05) is 25.8 Å². The maximum Gasteiger partial charge on any atom is 0.0695 e. The lowest BCUT2D eigenvalue weighted by molar-refractivity contribution is 0.160. The van der Waals surface area contributed by atoms with Crippen molar-refractivity contribution in [2.24, 2.45) is 0 Å². The summed E-state index contributed by atoms with van der Waals surface area (Å²) in [6.07, 6.45) is 3.03. The summed E-state index contributed by atoms with van der Waals surface area (Å²) >= 11 is 0. The molecule has 1 aromatic carbocycles. The number of nitrogens with zero attached hydrogens (tertiary/aromatic N) is 2. The quantitative estimate of drug-likeness (QED) is 0.660. The molecule has 0 aliphatic heterocycles. The zero-order valence-corrected chi connectivity index (χ0v) is 13.5. The van der Waals surface area contributed by atoms with Gasteiger partial charge in [-0.05, 0) is 32.1 Å². The summed E-state index contributed by atoms with van der Waals surface area (Å²) in [4.78, 5) is 2.29. The largest absolute Gasteiger partial charge is 0.383 e.